The maximum Gasteiger partial charge on any atom is 0.334 e. The minimum Gasteiger partial charge on any atom is -0.309 e. The Balaban J connectivity index is 2.86. The fraction of sp³-hybridized carbons (Fsp3) is 0.438. The average Bonchev–Trinajstić information content (AvgIpc) is 2.39. The summed E-state index contributed by atoms with van der Waals surface area (Å²) in [5.41, 5.74) is 3.56. The summed E-state index contributed by atoms with van der Waals surface area (Å²) in [6.07, 6.45) is 4.78. The maximum atomic E-state index is 12.3. The van der Waals surface area contributed by atoms with Crippen LogP contribution in [-0.4, -0.2) is 25.7 Å². The zero-order valence-electron chi connectivity index (χ0n) is 13.1. The highest BCUT2D eigenvalue weighted by atomic mass is 31.2. The van der Waals surface area contributed by atoms with Crippen molar-refractivity contribution in [1.29, 1.82) is 0 Å². The van der Waals surface area contributed by atoms with Crippen LogP contribution in [0.25, 0.3) is 6.08 Å². The van der Waals surface area contributed by atoms with E-state index < -0.39 is 7.60 Å². The number of benzene rings is 1. The summed E-state index contributed by atoms with van der Waals surface area (Å²) in [4.78, 5) is 11.0. The molecule has 0 aliphatic carbocycles. The summed E-state index contributed by atoms with van der Waals surface area (Å²) in [6, 6.07) is 3.86. The third kappa shape index (κ3) is 5.24. The van der Waals surface area contributed by atoms with Crippen LogP contribution in [0.1, 0.15) is 40.9 Å². The molecule has 0 unspecified atom stereocenters. The van der Waals surface area contributed by atoms with E-state index in [1.54, 1.807) is 19.9 Å². The van der Waals surface area contributed by atoms with Gasteiger partial charge in [-0.1, -0.05) is 24.3 Å². The largest absolute Gasteiger partial charge is 0.334 e. The van der Waals surface area contributed by atoms with Gasteiger partial charge in [-0.3, -0.25) is 9.36 Å². The molecule has 0 spiro atoms. The molecule has 1 rings (SSSR count). The third-order valence-electron chi connectivity index (χ3n) is 3.02. The van der Waals surface area contributed by atoms with Crippen LogP contribution in [0.4, 0.5) is 0 Å². The molecule has 0 amide bonds. The molecular weight excluding hydrogens is 287 g/mol. The zero-order valence-corrected chi connectivity index (χ0v) is 14.0. The summed E-state index contributed by atoms with van der Waals surface area (Å²) in [5.74, 6) is 0. The van der Waals surface area contributed by atoms with Crippen molar-refractivity contribution in [3.63, 3.8) is 0 Å². The van der Waals surface area contributed by atoms with Gasteiger partial charge in [-0.15, -0.1) is 0 Å². The Bertz CT molecular complexity index is 530. The fourth-order valence-corrected chi connectivity index (χ4v) is 3.58. The lowest BCUT2D eigenvalue weighted by Crippen LogP contribution is -1.98. The van der Waals surface area contributed by atoms with Crippen molar-refractivity contribution >= 4 is 20.0 Å². The van der Waals surface area contributed by atoms with E-state index in [9.17, 15) is 9.36 Å². The minimum absolute atomic E-state index is 0.238. The maximum absolute atomic E-state index is 12.3. The smallest absolute Gasteiger partial charge is 0.309 e. The van der Waals surface area contributed by atoms with E-state index in [1.807, 2.05) is 32.1 Å². The highest BCUT2D eigenvalue weighted by Crippen LogP contribution is 2.47. The quantitative estimate of drug-likeness (QED) is 0.527. The van der Waals surface area contributed by atoms with E-state index in [0.29, 0.717) is 13.2 Å². The predicted octanol–water partition coefficient (Wildman–Crippen LogP) is 4.40. The number of carbonyl (C=O) groups is 1. The van der Waals surface area contributed by atoms with Gasteiger partial charge >= 0.3 is 7.60 Å². The van der Waals surface area contributed by atoms with E-state index in [2.05, 4.69) is 0 Å². The van der Waals surface area contributed by atoms with Gasteiger partial charge in [-0.2, -0.15) is 0 Å². The summed E-state index contributed by atoms with van der Waals surface area (Å²) >= 11 is 0. The Morgan fingerprint density at radius 2 is 1.62 bits per heavy atom. The Hall–Kier alpha value is -1.22. The fourth-order valence-electron chi connectivity index (χ4n) is 2.14. The summed E-state index contributed by atoms with van der Waals surface area (Å²) < 4.78 is 22.8. The standard InChI is InChI=1S/C16H23O4P/c1-5-19-21(18,20-6-2)9-7-8-15-10-13(3)16(12-17)14(4)11-15/h7-8,10-12H,5-6,9H2,1-4H3. The summed E-state index contributed by atoms with van der Waals surface area (Å²) in [5, 5.41) is 0. The first-order valence-corrected chi connectivity index (χ1v) is 8.79. The first-order valence-electron chi connectivity index (χ1n) is 7.06. The van der Waals surface area contributed by atoms with Crippen molar-refractivity contribution in [2.75, 3.05) is 19.4 Å². The van der Waals surface area contributed by atoms with Crippen LogP contribution in [0.5, 0.6) is 0 Å². The second-order valence-electron chi connectivity index (χ2n) is 4.72. The van der Waals surface area contributed by atoms with E-state index in [0.717, 1.165) is 28.5 Å². The van der Waals surface area contributed by atoms with Gasteiger partial charge in [0.2, 0.25) is 0 Å². The molecule has 0 radical (unpaired) electrons. The Morgan fingerprint density at radius 3 is 2.05 bits per heavy atom. The molecule has 0 fully saturated rings. The van der Waals surface area contributed by atoms with Gasteiger partial charge in [0, 0.05) is 5.56 Å². The minimum atomic E-state index is -3.04. The van der Waals surface area contributed by atoms with Gasteiger partial charge < -0.3 is 9.05 Å². The van der Waals surface area contributed by atoms with Gasteiger partial charge in [0.15, 0.2) is 6.29 Å². The molecule has 1 aromatic carbocycles. The number of carbonyl (C=O) groups excluding carboxylic acids is 1. The molecule has 4 nitrogen and oxygen atoms in total. The van der Waals surface area contributed by atoms with Crippen molar-refractivity contribution in [2.45, 2.75) is 27.7 Å². The molecule has 0 saturated carbocycles. The molecular formula is C16H23O4P. The molecule has 0 aliphatic heterocycles. The second-order valence-corrected chi connectivity index (χ2v) is 6.82. The second kappa shape index (κ2) is 8.28. The number of aryl methyl sites for hydroxylation is 2. The van der Waals surface area contributed by atoms with E-state index >= 15 is 0 Å². The van der Waals surface area contributed by atoms with Gasteiger partial charge in [-0.05, 0) is 44.4 Å². The first-order chi connectivity index (χ1) is 9.95. The van der Waals surface area contributed by atoms with Crippen LogP contribution < -0.4 is 0 Å². The number of hydrogen-bond acceptors (Lipinski definition) is 4. The third-order valence-corrected chi connectivity index (χ3v) is 4.99. The topological polar surface area (TPSA) is 52.6 Å². The zero-order chi connectivity index (χ0) is 15.9. The van der Waals surface area contributed by atoms with Crippen molar-refractivity contribution in [2.24, 2.45) is 0 Å². The van der Waals surface area contributed by atoms with Crippen LogP contribution in [0, 0.1) is 13.8 Å². The van der Waals surface area contributed by atoms with Crippen molar-refractivity contribution in [3.05, 3.63) is 40.5 Å². The molecule has 116 valence electrons. The molecule has 0 atom stereocenters. The Labute approximate surface area is 126 Å². The first kappa shape index (κ1) is 17.8. The molecule has 0 bridgehead atoms. The average molecular weight is 310 g/mol. The molecule has 5 heteroatoms. The Morgan fingerprint density at radius 1 is 1.10 bits per heavy atom. The van der Waals surface area contributed by atoms with E-state index in [1.165, 1.54) is 0 Å². The molecule has 21 heavy (non-hydrogen) atoms. The van der Waals surface area contributed by atoms with E-state index in [-0.39, 0.29) is 6.16 Å². The highest BCUT2D eigenvalue weighted by Gasteiger charge is 2.21. The summed E-state index contributed by atoms with van der Waals surface area (Å²) in [7, 11) is -3.04. The normalized spacial score (nSPS) is 12.0. The van der Waals surface area contributed by atoms with Crippen LogP contribution in [0.2, 0.25) is 0 Å². The van der Waals surface area contributed by atoms with Crippen LogP contribution >= 0.6 is 7.60 Å². The number of aldehydes is 1. The number of hydrogen-bond donors (Lipinski definition) is 0. The van der Waals surface area contributed by atoms with Gasteiger partial charge in [0.05, 0.1) is 19.4 Å². The summed E-state index contributed by atoms with van der Waals surface area (Å²) in [6.45, 7) is 8.11. The van der Waals surface area contributed by atoms with Crippen molar-refractivity contribution in [1.82, 2.24) is 0 Å². The van der Waals surface area contributed by atoms with E-state index in [4.69, 9.17) is 9.05 Å². The predicted molar refractivity (Wildman–Crippen MR) is 86.1 cm³/mol. The van der Waals surface area contributed by atoms with Crippen LogP contribution in [0.3, 0.4) is 0 Å². The highest BCUT2D eigenvalue weighted by molar-refractivity contribution is 7.54. The molecule has 0 aliphatic rings. The Kier molecular flexibility index (Phi) is 7.03. The molecule has 0 aromatic heterocycles. The SMILES string of the molecule is CCOP(=O)(CC=Cc1cc(C)c(C=O)c(C)c1)OCC. The van der Waals surface area contributed by atoms with Crippen LogP contribution in [0.15, 0.2) is 18.2 Å². The molecule has 0 N–H and O–H groups in total. The molecule has 0 saturated heterocycles. The lowest BCUT2D eigenvalue weighted by atomic mass is 10.0. The van der Waals surface area contributed by atoms with Crippen molar-refractivity contribution in [3.8, 4) is 0 Å². The number of allylic oxidation sites excluding steroid dienone is 1. The lowest BCUT2D eigenvalue weighted by Gasteiger charge is -2.14. The van der Waals surface area contributed by atoms with Gasteiger partial charge in [0.1, 0.15) is 0 Å². The molecule has 1 aromatic rings. The van der Waals surface area contributed by atoms with Crippen molar-refractivity contribution < 1.29 is 18.4 Å². The number of rotatable bonds is 8. The van der Waals surface area contributed by atoms with Gasteiger partial charge in [-0.25, -0.2) is 0 Å². The molecule has 0 heterocycles. The lowest BCUT2D eigenvalue weighted by molar-refractivity contribution is 0.112. The van der Waals surface area contributed by atoms with Gasteiger partial charge in [0.25, 0.3) is 0 Å². The van der Waals surface area contributed by atoms with Crippen LogP contribution in [-0.2, 0) is 13.6 Å². The monoisotopic (exact) mass is 310 g/mol.